The Labute approximate surface area is 188 Å². The SMILES string of the molecule is Cc1ccc(Oc2nc3c(c(=O)n(C)c(=O)n3C)n2Cc2ccc(Cl)cc2Cl)cc1C. The van der Waals surface area contributed by atoms with Crippen molar-refractivity contribution in [2.75, 3.05) is 0 Å². The van der Waals surface area contributed by atoms with Gasteiger partial charge in [0.1, 0.15) is 5.75 Å². The van der Waals surface area contributed by atoms with Crippen molar-refractivity contribution >= 4 is 34.4 Å². The van der Waals surface area contributed by atoms with Gasteiger partial charge in [0, 0.05) is 24.1 Å². The highest BCUT2D eigenvalue weighted by molar-refractivity contribution is 6.35. The molecule has 0 aliphatic rings. The van der Waals surface area contributed by atoms with Crippen LogP contribution in [-0.4, -0.2) is 18.7 Å². The summed E-state index contributed by atoms with van der Waals surface area (Å²) in [5, 5.41) is 0.960. The van der Waals surface area contributed by atoms with Gasteiger partial charge >= 0.3 is 11.7 Å². The van der Waals surface area contributed by atoms with E-state index in [1.165, 1.54) is 11.6 Å². The fraction of sp³-hybridized carbons (Fsp3) is 0.227. The Kier molecular flexibility index (Phi) is 5.41. The highest BCUT2D eigenvalue weighted by Gasteiger charge is 2.21. The van der Waals surface area contributed by atoms with Crippen molar-refractivity contribution in [1.82, 2.24) is 18.7 Å². The number of rotatable bonds is 4. The van der Waals surface area contributed by atoms with Crippen molar-refractivity contribution in [2.24, 2.45) is 14.1 Å². The molecule has 0 atom stereocenters. The molecule has 4 rings (SSSR count). The summed E-state index contributed by atoms with van der Waals surface area (Å²) in [6.07, 6.45) is 0. The van der Waals surface area contributed by atoms with Gasteiger partial charge < -0.3 is 4.74 Å². The summed E-state index contributed by atoms with van der Waals surface area (Å²) < 4.78 is 10.1. The number of hydrogen-bond acceptors (Lipinski definition) is 4. The van der Waals surface area contributed by atoms with Gasteiger partial charge in [-0.1, -0.05) is 35.3 Å². The van der Waals surface area contributed by atoms with Gasteiger partial charge in [0.25, 0.3) is 5.56 Å². The van der Waals surface area contributed by atoms with Gasteiger partial charge in [0.05, 0.1) is 6.54 Å². The molecule has 0 fully saturated rings. The average molecular weight is 459 g/mol. The van der Waals surface area contributed by atoms with E-state index < -0.39 is 11.2 Å². The lowest BCUT2D eigenvalue weighted by Gasteiger charge is -2.12. The quantitative estimate of drug-likeness (QED) is 0.459. The van der Waals surface area contributed by atoms with Crippen LogP contribution in [0.1, 0.15) is 16.7 Å². The monoisotopic (exact) mass is 458 g/mol. The molecule has 0 N–H and O–H groups in total. The highest BCUT2D eigenvalue weighted by atomic mass is 35.5. The Balaban J connectivity index is 1.95. The van der Waals surface area contributed by atoms with Gasteiger partial charge in [-0.3, -0.25) is 18.5 Å². The number of benzene rings is 2. The summed E-state index contributed by atoms with van der Waals surface area (Å²) in [5.74, 6) is 0.573. The number of fused-ring (bicyclic) bond motifs is 1. The van der Waals surface area contributed by atoms with Gasteiger partial charge in [-0.05, 0) is 54.8 Å². The molecule has 4 aromatic rings. The molecule has 2 heterocycles. The molecule has 9 heteroatoms. The summed E-state index contributed by atoms with van der Waals surface area (Å²) in [4.78, 5) is 29.9. The van der Waals surface area contributed by atoms with E-state index in [0.29, 0.717) is 15.8 Å². The largest absolute Gasteiger partial charge is 0.425 e. The van der Waals surface area contributed by atoms with E-state index >= 15 is 0 Å². The number of imidazole rings is 1. The lowest BCUT2D eigenvalue weighted by molar-refractivity contribution is 0.420. The average Bonchev–Trinajstić information content (AvgIpc) is 3.07. The summed E-state index contributed by atoms with van der Waals surface area (Å²) in [6.45, 7) is 4.20. The van der Waals surface area contributed by atoms with Crippen molar-refractivity contribution in [3.8, 4) is 11.8 Å². The molecule has 0 saturated heterocycles. The van der Waals surface area contributed by atoms with Gasteiger partial charge in [-0.25, -0.2) is 4.79 Å². The molecule has 0 saturated carbocycles. The maximum atomic E-state index is 13.0. The zero-order valence-corrected chi connectivity index (χ0v) is 19.0. The third-order valence-electron chi connectivity index (χ3n) is 5.34. The minimum atomic E-state index is -0.468. The van der Waals surface area contributed by atoms with Crippen LogP contribution in [0.4, 0.5) is 0 Å². The number of hydrogen-bond donors (Lipinski definition) is 0. The Hall–Kier alpha value is -3.03. The fourth-order valence-electron chi connectivity index (χ4n) is 3.35. The van der Waals surface area contributed by atoms with Crippen LogP contribution < -0.4 is 16.0 Å². The van der Waals surface area contributed by atoms with Crippen molar-refractivity contribution in [3.63, 3.8) is 0 Å². The zero-order chi connectivity index (χ0) is 22.4. The van der Waals surface area contributed by atoms with Crippen molar-refractivity contribution in [3.05, 3.63) is 84.0 Å². The van der Waals surface area contributed by atoms with Crippen LogP contribution in [0.15, 0.2) is 46.0 Å². The number of ether oxygens (including phenoxy) is 1. The predicted molar refractivity (Wildman–Crippen MR) is 122 cm³/mol. The zero-order valence-electron chi connectivity index (χ0n) is 17.4. The number of nitrogens with zero attached hydrogens (tertiary/aromatic N) is 4. The van der Waals surface area contributed by atoms with Crippen LogP contribution in [0.2, 0.25) is 10.0 Å². The highest BCUT2D eigenvalue weighted by Crippen LogP contribution is 2.29. The molecule has 2 aromatic carbocycles. The second kappa shape index (κ2) is 7.90. The molecule has 0 unspecified atom stereocenters. The molecule has 0 amide bonds. The standard InChI is InChI=1S/C22H20Cl2N4O3/c1-12-5-8-16(9-13(12)2)31-21-25-19-18(20(29)27(4)22(30)26(19)3)28(21)11-14-6-7-15(23)10-17(14)24/h5-10H,11H2,1-4H3. The van der Waals surface area contributed by atoms with Crippen LogP contribution in [-0.2, 0) is 20.6 Å². The second-order valence-corrected chi connectivity index (χ2v) is 8.29. The first-order valence-electron chi connectivity index (χ1n) is 9.52. The molecule has 0 aliphatic heterocycles. The molecule has 0 bridgehead atoms. The molecule has 0 spiro atoms. The van der Waals surface area contributed by atoms with E-state index in [1.807, 2.05) is 32.0 Å². The normalized spacial score (nSPS) is 11.3. The smallest absolute Gasteiger partial charge is 0.332 e. The third kappa shape index (κ3) is 3.75. The Morgan fingerprint density at radius 2 is 1.71 bits per heavy atom. The fourth-order valence-corrected chi connectivity index (χ4v) is 3.82. The first-order chi connectivity index (χ1) is 14.7. The van der Waals surface area contributed by atoms with E-state index in [2.05, 4.69) is 4.98 Å². The van der Waals surface area contributed by atoms with E-state index in [4.69, 9.17) is 27.9 Å². The first kappa shape index (κ1) is 21.2. The Bertz CT molecular complexity index is 1450. The molecule has 0 aliphatic carbocycles. The van der Waals surface area contributed by atoms with Crippen LogP contribution in [0.25, 0.3) is 11.2 Å². The molecule has 31 heavy (non-hydrogen) atoms. The maximum absolute atomic E-state index is 13.0. The molecule has 0 radical (unpaired) electrons. The Morgan fingerprint density at radius 3 is 2.39 bits per heavy atom. The topological polar surface area (TPSA) is 71.1 Å². The van der Waals surface area contributed by atoms with Crippen LogP contribution in [0, 0.1) is 13.8 Å². The summed E-state index contributed by atoms with van der Waals surface area (Å²) in [7, 11) is 3.00. The molecule has 160 valence electrons. The van der Waals surface area contributed by atoms with Crippen LogP contribution in [0.3, 0.4) is 0 Å². The maximum Gasteiger partial charge on any atom is 0.332 e. The molecular weight excluding hydrogens is 439 g/mol. The number of aryl methyl sites for hydroxylation is 3. The summed E-state index contributed by atoms with van der Waals surface area (Å²) in [6, 6.07) is 11.0. The van der Waals surface area contributed by atoms with Gasteiger partial charge in [-0.2, -0.15) is 4.98 Å². The van der Waals surface area contributed by atoms with Crippen molar-refractivity contribution in [2.45, 2.75) is 20.4 Å². The predicted octanol–water partition coefficient (Wildman–Crippen LogP) is 4.20. The van der Waals surface area contributed by atoms with E-state index in [1.54, 1.807) is 29.8 Å². The number of halogens is 2. The lowest BCUT2D eigenvalue weighted by Crippen LogP contribution is -2.37. The Morgan fingerprint density at radius 1 is 0.968 bits per heavy atom. The van der Waals surface area contributed by atoms with E-state index in [0.717, 1.165) is 21.3 Å². The minimum absolute atomic E-state index is 0.183. The first-order valence-corrected chi connectivity index (χ1v) is 10.3. The number of aromatic nitrogens is 4. The van der Waals surface area contributed by atoms with Gasteiger partial charge in [0.2, 0.25) is 0 Å². The molecule has 2 aromatic heterocycles. The molecular formula is C22H20Cl2N4O3. The van der Waals surface area contributed by atoms with Gasteiger partial charge in [0.15, 0.2) is 11.2 Å². The summed E-state index contributed by atoms with van der Waals surface area (Å²) in [5.41, 5.74) is 2.46. The lowest BCUT2D eigenvalue weighted by atomic mass is 10.1. The third-order valence-corrected chi connectivity index (χ3v) is 5.93. The van der Waals surface area contributed by atoms with Crippen molar-refractivity contribution in [1.29, 1.82) is 0 Å². The van der Waals surface area contributed by atoms with Crippen LogP contribution in [0.5, 0.6) is 11.8 Å². The minimum Gasteiger partial charge on any atom is -0.425 e. The van der Waals surface area contributed by atoms with E-state index in [9.17, 15) is 9.59 Å². The van der Waals surface area contributed by atoms with Crippen molar-refractivity contribution < 1.29 is 4.74 Å². The molecule has 7 nitrogen and oxygen atoms in total. The van der Waals surface area contributed by atoms with Crippen LogP contribution >= 0.6 is 23.2 Å². The van der Waals surface area contributed by atoms with E-state index in [-0.39, 0.29) is 23.7 Å². The van der Waals surface area contributed by atoms with Gasteiger partial charge in [-0.15, -0.1) is 0 Å². The second-order valence-electron chi connectivity index (χ2n) is 7.44. The summed E-state index contributed by atoms with van der Waals surface area (Å²) >= 11 is 12.4.